The highest BCUT2D eigenvalue weighted by atomic mass is 16.1. The van der Waals surface area contributed by atoms with Crippen molar-refractivity contribution in [3.63, 3.8) is 0 Å². The highest BCUT2D eigenvalue weighted by molar-refractivity contribution is 6.02. The van der Waals surface area contributed by atoms with Gasteiger partial charge in [0.15, 0.2) is 0 Å². The minimum absolute atomic E-state index is 0.221. The third-order valence-corrected chi connectivity index (χ3v) is 2.81. The molecular formula is C17H14N2O. The van der Waals surface area contributed by atoms with Crippen LogP contribution in [0, 0.1) is 18.3 Å². The monoisotopic (exact) mass is 262 g/mol. The predicted molar refractivity (Wildman–Crippen MR) is 80.0 cm³/mol. The number of rotatable bonds is 3. The van der Waals surface area contributed by atoms with Gasteiger partial charge in [-0.15, -0.1) is 0 Å². The Morgan fingerprint density at radius 3 is 2.55 bits per heavy atom. The van der Waals surface area contributed by atoms with Crippen LogP contribution in [0.15, 0.2) is 54.6 Å². The molecule has 2 aromatic rings. The average Bonchev–Trinajstić information content (AvgIpc) is 2.48. The van der Waals surface area contributed by atoms with Gasteiger partial charge in [0.05, 0.1) is 11.6 Å². The van der Waals surface area contributed by atoms with Crippen LogP contribution in [-0.4, -0.2) is 5.91 Å². The van der Waals surface area contributed by atoms with Gasteiger partial charge >= 0.3 is 0 Å². The maximum Gasteiger partial charge on any atom is 0.248 e. The Labute approximate surface area is 118 Å². The van der Waals surface area contributed by atoms with Crippen molar-refractivity contribution in [1.82, 2.24) is 0 Å². The highest BCUT2D eigenvalue weighted by Gasteiger charge is 1.99. The lowest BCUT2D eigenvalue weighted by atomic mass is 10.1. The quantitative estimate of drug-likeness (QED) is 0.860. The van der Waals surface area contributed by atoms with Crippen LogP contribution in [0.25, 0.3) is 6.08 Å². The van der Waals surface area contributed by atoms with Gasteiger partial charge in [-0.2, -0.15) is 5.26 Å². The van der Waals surface area contributed by atoms with E-state index in [0.29, 0.717) is 5.56 Å². The summed E-state index contributed by atoms with van der Waals surface area (Å²) in [5, 5.41) is 11.7. The first-order chi connectivity index (χ1) is 9.69. The fourth-order valence-electron chi connectivity index (χ4n) is 1.73. The summed E-state index contributed by atoms with van der Waals surface area (Å²) in [5.74, 6) is -0.221. The maximum atomic E-state index is 11.8. The van der Waals surface area contributed by atoms with Crippen molar-refractivity contribution in [1.29, 1.82) is 5.26 Å². The number of carbonyl (C=O) groups is 1. The number of anilines is 1. The van der Waals surface area contributed by atoms with Crippen LogP contribution in [0.4, 0.5) is 5.69 Å². The van der Waals surface area contributed by atoms with Gasteiger partial charge < -0.3 is 5.32 Å². The minimum Gasteiger partial charge on any atom is -0.323 e. The van der Waals surface area contributed by atoms with E-state index in [1.165, 1.54) is 6.08 Å². The molecule has 0 aliphatic rings. The van der Waals surface area contributed by atoms with Crippen LogP contribution in [0.2, 0.25) is 0 Å². The van der Waals surface area contributed by atoms with Crippen LogP contribution < -0.4 is 5.32 Å². The van der Waals surface area contributed by atoms with Crippen molar-refractivity contribution in [2.24, 2.45) is 0 Å². The van der Waals surface area contributed by atoms with Gasteiger partial charge in [0.25, 0.3) is 0 Å². The molecule has 0 unspecified atom stereocenters. The topological polar surface area (TPSA) is 52.9 Å². The molecule has 0 saturated carbocycles. The number of nitriles is 1. The lowest BCUT2D eigenvalue weighted by Gasteiger charge is -2.02. The Morgan fingerprint density at radius 1 is 1.15 bits per heavy atom. The zero-order valence-corrected chi connectivity index (χ0v) is 11.1. The predicted octanol–water partition coefficient (Wildman–Crippen LogP) is 3.52. The van der Waals surface area contributed by atoms with Crippen LogP contribution in [-0.2, 0) is 4.79 Å². The standard InChI is InChI=1S/C17H14N2O/c1-13-6-9-16(10-7-13)19-17(20)11-8-14-4-2-3-5-15(14)12-18/h2-11H,1H3,(H,19,20)/b11-8+. The first-order valence-corrected chi connectivity index (χ1v) is 6.24. The summed E-state index contributed by atoms with van der Waals surface area (Å²) >= 11 is 0. The molecule has 2 aromatic carbocycles. The fourth-order valence-corrected chi connectivity index (χ4v) is 1.73. The summed E-state index contributed by atoms with van der Waals surface area (Å²) in [7, 11) is 0. The van der Waals surface area contributed by atoms with E-state index in [2.05, 4.69) is 11.4 Å². The fraction of sp³-hybridized carbons (Fsp3) is 0.0588. The third kappa shape index (κ3) is 3.56. The number of benzene rings is 2. The zero-order valence-electron chi connectivity index (χ0n) is 11.1. The van der Waals surface area contributed by atoms with Crippen LogP contribution in [0.1, 0.15) is 16.7 Å². The number of amides is 1. The molecule has 0 spiro atoms. The van der Waals surface area contributed by atoms with E-state index in [1.807, 2.05) is 37.3 Å². The molecule has 20 heavy (non-hydrogen) atoms. The van der Waals surface area contributed by atoms with E-state index in [9.17, 15) is 4.79 Å². The third-order valence-electron chi connectivity index (χ3n) is 2.81. The van der Waals surface area contributed by atoms with E-state index >= 15 is 0 Å². The molecule has 0 aromatic heterocycles. The molecule has 0 radical (unpaired) electrons. The molecule has 0 atom stereocenters. The second-order valence-electron chi connectivity index (χ2n) is 4.39. The first-order valence-electron chi connectivity index (χ1n) is 6.24. The normalized spacial score (nSPS) is 10.2. The van der Waals surface area contributed by atoms with Gasteiger partial charge in [-0.05, 0) is 36.8 Å². The molecular weight excluding hydrogens is 248 g/mol. The molecule has 98 valence electrons. The molecule has 1 N–H and O–H groups in total. The van der Waals surface area contributed by atoms with Crippen LogP contribution >= 0.6 is 0 Å². The van der Waals surface area contributed by atoms with Gasteiger partial charge in [-0.3, -0.25) is 4.79 Å². The molecule has 0 aliphatic heterocycles. The Hall–Kier alpha value is -2.86. The van der Waals surface area contributed by atoms with E-state index in [4.69, 9.17) is 5.26 Å². The first kappa shape index (κ1) is 13.6. The zero-order chi connectivity index (χ0) is 14.4. The number of nitrogens with zero attached hydrogens (tertiary/aromatic N) is 1. The SMILES string of the molecule is Cc1ccc(NC(=O)/C=C/c2ccccc2C#N)cc1. The van der Waals surface area contributed by atoms with Crippen molar-refractivity contribution in [3.05, 3.63) is 71.3 Å². The van der Waals surface area contributed by atoms with Crippen molar-refractivity contribution in [3.8, 4) is 6.07 Å². The minimum atomic E-state index is -0.221. The van der Waals surface area contributed by atoms with E-state index in [0.717, 1.165) is 16.8 Å². The highest BCUT2D eigenvalue weighted by Crippen LogP contribution is 2.11. The Bertz CT molecular complexity index is 679. The Kier molecular flexibility index (Phi) is 4.31. The van der Waals surface area contributed by atoms with Crippen molar-refractivity contribution in [2.75, 3.05) is 5.32 Å². The molecule has 0 bridgehead atoms. The number of aryl methyl sites for hydroxylation is 1. The summed E-state index contributed by atoms with van der Waals surface area (Å²) in [6, 6.07) is 16.8. The largest absolute Gasteiger partial charge is 0.323 e. The maximum absolute atomic E-state index is 11.8. The smallest absolute Gasteiger partial charge is 0.248 e. The van der Waals surface area contributed by atoms with Crippen LogP contribution in [0.5, 0.6) is 0 Å². The van der Waals surface area contributed by atoms with Crippen molar-refractivity contribution in [2.45, 2.75) is 6.92 Å². The van der Waals surface area contributed by atoms with Gasteiger partial charge in [-0.1, -0.05) is 35.9 Å². The lowest BCUT2D eigenvalue weighted by molar-refractivity contribution is -0.111. The number of carbonyl (C=O) groups excluding carboxylic acids is 1. The van der Waals surface area contributed by atoms with E-state index in [-0.39, 0.29) is 5.91 Å². The molecule has 0 aliphatic carbocycles. The van der Waals surface area contributed by atoms with Gasteiger partial charge in [0.1, 0.15) is 0 Å². The van der Waals surface area contributed by atoms with Gasteiger partial charge in [-0.25, -0.2) is 0 Å². The average molecular weight is 262 g/mol. The molecule has 3 nitrogen and oxygen atoms in total. The Morgan fingerprint density at radius 2 is 1.85 bits per heavy atom. The number of hydrogen-bond donors (Lipinski definition) is 1. The van der Waals surface area contributed by atoms with Crippen LogP contribution in [0.3, 0.4) is 0 Å². The lowest BCUT2D eigenvalue weighted by Crippen LogP contribution is -2.07. The summed E-state index contributed by atoms with van der Waals surface area (Å²) in [6.07, 6.45) is 3.07. The summed E-state index contributed by atoms with van der Waals surface area (Å²) in [5.41, 5.74) is 3.17. The molecule has 3 heteroatoms. The van der Waals surface area contributed by atoms with Crippen molar-refractivity contribution < 1.29 is 4.79 Å². The Balaban J connectivity index is 2.06. The molecule has 0 saturated heterocycles. The van der Waals surface area contributed by atoms with E-state index < -0.39 is 0 Å². The van der Waals surface area contributed by atoms with E-state index in [1.54, 1.807) is 24.3 Å². The summed E-state index contributed by atoms with van der Waals surface area (Å²) in [4.78, 5) is 11.8. The number of hydrogen-bond acceptors (Lipinski definition) is 2. The molecule has 1 amide bonds. The summed E-state index contributed by atoms with van der Waals surface area (Å²) < 4.78 is 0. The molecule has 2 rings (SSSR count). The second kappa shape index (κ2) is 6.35. The summed E-state index contributed by atoms with van der Waals surface area (Å²) in [6.45, 7) is 1.99. The van der Waals surface area contributed by atoms with Gasteiger partial charge in [0.2, 0.25) is 5.91 Å². The second-order valence-corrected chi connectivity index (χ2v) is 4.39. The molecule has 0 fully saturated rings. The van der Waals surface area contributed by atoms with Crippen molar-refractivity contribution >= 4 is 17.7 Å². The van der Waals surface area contributed by atoms with Gasteiger partial charge in [0, 0.05) is 11.8 Å². The molecule has 0 heterocycles. The number of nitrogens with one attached hydrogen (secondary N) is 1.